The van der Waals surface area contributed by atoms with Crippen LogP contribution in [0.2, 0.25) is 0 Å². The van der Waals surface area contributed by atoms with Crippen molar-refractivity contribution < 1.29 is 24.0 Å². The predicted molar refractivity (Wildman–Crippen MR) is 91.6 cm³/mol. The molecule has 1 aliphatic heterocycles. The van der Waals surface area contributed by atoms with E-state index >= 15 is 0 Å². The maximum Gasteiger partial charge on any atom is 0.341 e. The summed E-state index contributed by atoms with van der Waals surface area (Å²) in [5, 5.41) is 3.39. The molecule has 0 radical (unpaired) electrons. The number of hydrogen-bond acceptors (Lipinski definition) is 5. The summed E-state index contributed by atoms with van der Waals surface area (Å²) >= 11 is 1.38. The van der Waals surface area contributed by atoms with Crippen LogP contribution in [-0.2, 0) is 14.3 Å². The monoisotopic (exact) mass is 354 g/mol. The molecule has 1 aromatic rings. The van der Waals surface area contributed by atoms with Gasteiger partial charge in [-0.2, -0.15) is 0 Å². The molecule has 1 fully saturated rings. The second kappa shape index (κ2) is 7.76. The molecule has 1 saturated heterocycles. The van der Waals surface area contributed by atoms with Gasteiger partial charge in [-0.25, -0.2) is 4.79 Å². The molecule has 0 atom stereocenters. The number of quaternary nitrogens is 1. The van der Waals surface area contributed by atoms with Crippen LogP contribution in [0, 0.1) is 13.8 Å². The van der Waals surface area contributed by atoms with E-state index in [0.29, 0.717) is 30.2 Å². The molecule has 7 nitrogen and oxygen atoms in total. The van der Waals surface area contributed by atoms with E-state index in [9.17, 15) is 14.4 Å². The largest absolute Gasteiger partial charge is 0.465 e. The van der Waals surface area contributed by atoms with Crippen LogP contribution in [-0.4, -0.2) is 62.5 Å². The van der Waals surface area contributed by atoms with Crippen LogP contribution in [0.4, 0.5) is 5.00 Å². The highest BCUT2D eigenvalue weighted by atomic mass is 32.1. The number of nitrogens with one attached hydrogen (secondary N) is 2. The quantitative estimate of drug-likeness (QED) is 0.736. The van der Waals surface area contributed by atoms with Crippen LogP contribution in [0.3, 0.4) is 0 Å². The number of anilines is 1. The van der Waals surface area contributed by atoms with Gasteiger partial charge in [0.2, 0.25) is 5.91 Å². The Balaban J connectivity index is 1.97. The summed E-state index contributed by atoms with van der Waals surface area (Å²) in [6.45, 7) is 8.48. The standard InChI is InChI=1S/C16H23N3O4S/c1-10-11(2)24-15(14(10)16(22)23-4)17-13(21)9-18-5-7-19(8-6-18)12(3)20/h5-9H2,1-4H3,(H,17,21)/p+1. The molecule has 132 valence electrons. The van der Waals surface area contributed by atoms with Crippen LogP contribution in [0.25, 0.3) is 0 Å². The van der Waals surface area contributed by atoms with Gasteiger partial charge in [0.15, 0.2) is 6.54 Å². The lowest BCUT2D eigenvalue weighted by Crippen LogP contribution is -3.15. The Labute approximate surface area is 145 Å². The van der Waals surface area contributed by atoms with Crippen molar-refractivity contribution in [3.8, 4) is 0 Å². The molecule has 1 aliphatic rings. The smallest absolute Gasteiger partial charge is 0.341 e. The summed E-state index contributed by atoms with van der Waals surface area (Å²) < 4.78 is 4.81. The van der Waals surface area contributed by atoms with E-state index in [1.165, 1.54) is 18.4 Å². The number of ether oxygens (including phenoxy) is 1. The molecule has 2 amide bonds. The van der Waals surface area contributed by atoms with E-state index in [1.54, 1.807) is 11.8 Å². The SMILES string of the molecule is COC(=O)c1c(NC(=O)C[NH+]2CCN(C(C)=O)CC2)sc(C)c1C. The molecule has 0 bridgehead atoms. The third-order valence-electron chi connectivity index (χ3n) is 4.35. The number of methoxy groups -OCH3 is 1. The minimum Gasteiger partial charge on any atom is -0.465 e. The molecule has 0 spiro atoms. The molecule has 24 heavy (non-hydrogen) atoms. The van der Waals surface area contributed by atoms with E-state index in [2.05, 4.69) is 5.32 Å². The first kappa shape index (κ1) is 18.4. The minimum atomic E-state index is -0.436. The molecule has 2 heterocycles. The highest BCUT2D eigenvalue weighted by Crippen LogP contribution is 2.32. The van der Waals surface area contributed by atoms with Gasteiger partial charge in [-0.15, -0.1) is 11.3 Å². The lowest BCUT2D eigenvalue weighted by molar-refractivity contribution is -0.895. The van der Waals surface area contributed by atoms with Crippen LogP contribution >= 0.6 is 11.3 Å². The summed E-state index contributed by atoms with van der Waals surface area (Å²) in [5.41, 5.74) is 1.27. The molecule has 8 heteroatoms. The average Bonchev–Trinajstić information content (AvgIpc) is 2.81. The Hall–Kier alpha value is -1.93. The van der Waals surface area contributed by atoms with Gasteiger partial charge < -0.3 is 19.9 Å². The maximum atomic E-state index is 12.3. The number of carbonyl (C=O) groups is 3. The van der Waals surface area contributed by atoms with Crippen LogP contribution in [0.15, 0.2) is 0 Å². The topological polar surface area (TPSA) is 80.2 Å². The number of thiophene rings is 1. The van der Waals surface area contributed by atoms with Gasteiger partial charge in [0.25, 0.3) is 5.91 Å². The first-order chi connectivity index (χ1) is 11.3. The molecule has 0 aromatic carbocycles. The number of esters is 1. The zero-order chi connectivity index (χ0) is 17.9. The summed E-state index contributed by atoms with van der Waals surface area (Å²) in [6.07, 6.45) is 0. The lowest BCUT2D eigenvalue weighted by Gasteiger charge is -2.31. The van der Waals surface area contributed by atoms with Crippen LogP contribution in [0.5, 0.6) is 0 Å². The highest BCUT2D eigenvalue weighted by Gasteiger charge is 2.25. The van der Waals surface area contributed by atoms with Crippen molar-refractivity contribution in [3.63, 3.8) is 0 Å². The van der Waals surface area contributed by atoms with Crippen LogP contribution in [0.1, 0.15) is 27.7 Å². The molecular formula is C16H24N3O4S+. The molecule has 1 aromatic heterocycles. The first-order valence-corrected chi connectivity index (χ1v) is 8.72. The van der Waals surface area contributed by atoms with Gasteiger partial charge in [0.05, 0.1) is 38.9 Å². The molecular weight excluding hydrogens is 330 g/mol. The van der Waals surface area contributed by atoms with Crippen molar-refractivity contribution in [2.45, 2.75) is 20.8 Å². The maximum absolute atomic E-state index is 12.3. The predicted octanol–water partition coefficient (Wildman–Crippen LogP) is -0.163. The van der Waals surface area contributed by atoms with Crippen molar-refractivity contribution in [2.75, 3.05) is 45.2 Å². The van der Waals surface area contributed by atoms with E-state index in [-0.39, 0.29) is 11.8 Å². The Morgan fingerprint density at radius 2 is 1.88 bits per heavy atom. The Morgan fingerprint density at radius 1 is 1.25 bits per heavy atom. The fraction of sp³-hybridized carbons (Fsp3) is 0.562. The van der Waals surface area contributed by atoms with Crippen LogP contribution < -0.4 is 10.2 Å². The normalized spacial score (nSPS) is 15.2. The summed E-state index contributed by atoms with van der Waals surface area (Å²) in [5.74, 6) is -0.493. The summed E-state index contributed by atoms with van der Waals surface area (Å²) in [4.78, 5) is 39.5. The molecule has 0 unspecified atom stereocenters. The number of hydrogen-bond donors (Lipinski definition) is 2. The molecule has 0 saturated carbocycles. The number of rotatable bonds is 4. The summed E-state index contributed by atoms with van der Waals surface area (Å²) in [7, 11) is 1.33. The van der Waals surface area contributed by atoms with Gasteiger partial charge in [0.1, 0.15) is 5.00 Å². The Kier molecular flexibility index (Phi) is 5.95. The molecule has 2 rings (SSSR count). The third-order valence-corrected chi connectivity index (χ3v) is 5.48. The zero-order valence-corrected chi connectivity index (χ0v) is 15.3. The second-order valence-corrected chi connectivity index (χ2v) is 7.18. The highest BCUT2D eigenvalue weighted by molar-refractivity contribution is 7.16. The van der Waals surface area contributed by atoms with E-state index in [1.807, 2.05) is 13.8 Å². The van der Waals surface area contributed by atoms with Gasteiger partial charge in [-0.1, -0.05) is 0 Å². The zero-order valence-electron chi connectivity index (χ0n) is 14.5. The minimum absolute atomic E-state index is 0.0748. The number of nitrogens with zero attached hydrogens (tertiary/aromatic N) is 1. The molecule has 2 N–H and O–H groups in total. The van der Waals surface area contributed by atoms with Gasteiger partial charge >= 0.3 is 5.97 Å². The van der Waals surface area contributed by atoms with Crippen molar-refractivity contribution in [2.24, 2.45) is 0 Å². The van der Waals surface area contributed by atoms with Crippen molar-refractivity contribution in [1.29, 1.82) is 0 Å². The van der Waals surface area contributed by atoms with Crippen molar-refractivity contribution >= 4 is 34.1 Å². The average molecular weight is 354 g/mol. The van der Waals surface area contributed by atoms with E-state index in [4.69, 9.17) is 4.74 Å². The third kappa shape index (κ3) is 4.12. The van der Waals surface area contributed by atoms with Crippen molar-refractivity contribution in [3.05, 3.63) is 16.0 Å². The van der Waals surface area contributed by atoms with Gasteiger partial charge in [-0.3, -0.25) is 9.59 Å². The number of aryl methyl sites for hydroxylation is 1. The van der Waals surface area contributed by atoms with Gasteiger partial charge in [-0.05, 0) is 19.4 Å². The van der Waals surface area contributed by atoms with E-state index in [0.717, 1.165) is 28.4 Å². The van der Waals surface area contributed by atoms with Crippen molar-refractivity contribution in [1.82, 2.24) is 4.90 Å². The number of piperazine rings is 1. The number of amides is 2. The van der Waals surface area contributed by atoms with E-state index < -0.39 is 5.97 Å². The Morgan fingerprint density at radius 3 is 2.42 bits per heavy atom. The fourth-order valence-electron chi connectivity index (χ4n) is 2.78. The molecule has 0 aliphatic carbocycles. The summed E-state index contributed by atoms with van der Waals surface area (Å²) in [6, 6.07) is 0. The lowest BCUT2D eigenvalue weighted by atomic mass is 10.1. The number of carbonyl (C=O) groups excluding carboxylic acids is 3. The Bertz CT molecular complexity index is 648. The second-order valence-electron chi connectivity index (χ2n) is 5.96. The fourth-order valence-corrected chi connectivity index (χ4v) is 3.84. The van der Waals surface area contributed by atoms with Gasteiger partial charge in [0, 0.05) is 11.8 Å². The first-order valence-electron chi connectivity index (χ1n) is 7.90.